The lowest BCUT2D eigenvalue weighted by Crippen LogP contribution is -2.15. The molecular weight excluding hydrogens is 194 g/mol. The molecule has 4 heteroatoms. The van der Waals surface area contributed by atoms with Crippen LogP contribution in [0.2, 0.25) is 0 Å². The molecule has 1 heterocycles. The molecule has 1 rings (SSSR count). The van der Waals surface area contributed by atoms with Gasteiger partial charge in [-0.3, -0.25) is 0 Å². The molecule has 0 bridgehead atoms. The molecule has 1 atom stereocenters. The minimum absolute atomic E-state index is 0.0309. The molecule has 2 N–H and O–H groups in total. The van der Waals surface area contributed by atoms with Crippen molar-refractivity contribution in [1.29, 1.82) is 0 Å². The number of furan rings is 1. The molecule has 1 aromatic heterocycles. The maximum atomic E-state index is 11.1. The van der Waals surface area contributed by atoms with Gasteiger partial charge in [-0.2, -0.15) is 0 Å². The first-order valence-electron chi connectivity index (χ1n) is 4.66. The maximum absolute atomic E-state index is 11.1. The first-order chi connectivity index (χ1) is 7.04. The van der Waals surface area contributed by atoms with E-state index in [0.717, 1.165) is 5.57 Å². The zero-order valence-corrected chi connectivity index (χ0v) is 9.11. The van der Waals surface area contributed by atoms with Gasteiger partial charge in [-0.15, -0.1) is 0 Å². The highest BCUT2D eigenvalue weighted by atomic mass is 16.5. The van der Waals surface area contributed by atoms with Crippen LogP contribution in [0.15, 0.2) is 22.1 Å². The van der Waals surface area contributed by atoms with Crippen LogP contribution in [0.3, 0.4) is 0 Å². The van der Waals surface area contributed by atoms with E-state index in [0.29, 0.717) is 5.76 Å². The van der Waals surface area contributed by atoms with Crippen molar-refractivity contribution in [2.24, 2.45) is 5.73 Å². The molecule has 0 saturated heterocycles. The number of methoxy groups -OCH3 is 1. The van der Waals surface area contributed by atoms with Gasteiger partial charge >= 0.3 is 5.97 Å². The fourth-order valence-corrected chi connectivity index (χ4v) is 0.997. The molecule has 0 saturated carbocycles. The van der Waals surface area contributed by atoms with Crippen LogP contribution in [0.25, 0.3) is 6.08 Å². The van der Waals surface area contributed by atoms with Crippen molar-refractivity contribution < 1.29 is 13.9 Å². The topological polar surface area (TPSA) is 65.5 Å². The molecule has 0 aliphatic rings. The Bertz CT molecular complexity index is 377. The van der Waals surface area contributed by atoms with Gasteiger partial charge in [0.1, 0.15) is 5.76 Å². The van der Waals surface area contributed by atoms with Crippen LogP contribution in [0.5, 0.6) is 0 Å². The number of carbonyl (C=O) groups excluding carboxylic acids is 1. The van der Waals surface area contributed by atoms with Gasteiger partial charge in [0.15, 0.2) is 0 Å². The summed E-state index contributed by atoms with van der Waals surface area (Å²) in [4.78, 5) is 11.1. The Kier molecular flexibility index (Phi) is 3.68. The van der Waals surface area contributed by atoms with Gasteiger partial charge in [-0.1, -0.05) is 5.57 Å². The lowest BCUT2D eigenvalue weighted by molar-refractivity contribution is 0.0564. The fourth-order valence-electron chi connectivity index (χ4n) is 0.997. The Hall–Kier alpha value is -1.55. The summed E-state index contributed by atoms with van der Waals surface area (Å²) in [5, 5.41) is 0. The second-order valence-electron chi connectivity index (χ2n) is 3.37. The molecule has 0 spiro atoms. The summed E-state index contributed by atoms with van der Waals surface area (Å²) in [5.74, 6) is 0.319. The van der Waals surface area contributed by atoms with Crippen molar-refractivity contribution in [1.82, 2.24) is 0 Å². The SMILES string of the molecule is COC(=O)c1ccc(/C=C(/C)C(C)N)o1. The van der Waals surface area contributed by atoms with Gasteiger partial charge in [0.25, 0.3) is 0 Å². The van der Waals surface area contributed by atoms with Gasteiger partial charge < -0.3 is 14.9 Å². The second-order valence-corrected chi connectivity index (χ2v) is 3.37. The molecule has 0 aliphatic heterocycles. The molecule has 0 radical (unpaired) electrons. The third-order valence-corrected chi connectivity index (χ3v) is 2.10. The summed E-state index contributed by atoms with van der Waals surface area (Å²) >= 11 is 0. The van der Waals surface area contributed by atoms with Crippen LogP contribution in [0.4, 0.5) is 0 Å². The Balaban J connectivity index is 2.85. The zero-order chi connectivity index (χ0) is 11.4. The molecule has 1 aromatic rings. The minimum Gasteiger partial charge on any atom is -0.463 e. The largest absolute Gasteiger partial charge is 0.463 e. The number of ether oxygens (including phenoxy) is 1. The van der Waals surface area contributed by atoms with Crippen molar-refractivity contribution in [2.75, 3.05) is 7.11 Å². The highest BCUT2D eigenvalue weighted by molar-refractivity contribution is 5.86. The summed E-state index contributed by atoms with van der Waals surface area (Å²) in [6.45, 7) is 3.79. The Morgan fingerprint density at radius 1 is 1.60 bits per heavy atom. The molecular formula is C11H15NO3. The Morgan fingerprint density at radius 3 is 2.80 bits per heavy atom. The highest BCUT2D eigenvalue weighted by Gasteiger charge is 2.10. The smallest absolute Gasteiger partial charge is 0.373 e. The van der Waals surface area contributed by atoms with E-state index in [1.807, 2.05) is 13.8 Å². The van der Waals surface area contributed by atoms with Gasteiger partial charge in [-0.05, 0) is 32.1 Å². The summed E-state index contributed by atoms with van der Waals surface area (Å²) in [7, 11) is 1.31. The first kappa shape index (κ1) is 11.5. The Labute approximate surface area is 88.7 Å². The molecule has 82 valence electrons. The van der Waals surface area contributed by atoms with Crippen molar-refractivity contribution >= 4 is 12.0 Å². The van der Waals surface area contributed by atoms with Gasteiger partial charge in [-0.25, -0.2) is 4.79 Å². The molecule has 4 nitrogen and oxygen atoms in total. The molecule has 0 aliphatic carbocycles. The van der Waals surface area contributed by atoms with E-state index in [1.165, 1.54) is 7.11 Å². The zero-order valence-electron chi connectivity index (χ0n) is 9.11. The number of hydrogen-bond donors (Lipinski definition) is 1. The van der Waals surface area contributed by atoms with E-state index >= 15 is 0 Å². The number of nitrogens with two attached hydrogens (primary N) is 1. The van der Waals surface area contributed by atoms with Crippen LogP contribution in [0.1, 0.15) is 30.2 Å². The predicted molar refractivity (Wildman–Crippen MR) is 57.3 cm³/mol. The van der Waals surface area contributed by atoms with E-state index < -0.39 is 5.97 Å². The standard InChI is InChI=1S/C11H15NO3/c1-7(8(2)12)6-9-4-5-10(15-9)11(13)14-3/h4-6,8H,12H2,1-3H3/b7-6-. The monoisotopic (exact) mass is 209 g/mol. The minimum atomic E-state index is -0.479. The summed E-state index contributed by atoms with van der Waals surface area (Å²) < 4.78 is 9.77. The van der Waals surface area contributed by atoms with E-state index in [1.54, 1.807) is 18.2 Å². The van der Waals surface area contributed by atoms with Crippen molar-refractivity contribution in [2.45, 2.75) is 19.9 Å². The average molecular weight is 209 g/mol. The third-order valence-electron chi connectivity index (χ3n) is 2.10. The quantitative estimate of drug-likeness (QED) is 0.771. The summed E-state index contributed by atoms with van der Waals surface area (Å²) in [6, 6.07) is 3.25. The van der Waals surface area contributed by atoms with Crippen molar-refractivity contribution in [3.63, 3.8) is 0 Å². The number of rotatable bonds is 3. The Morgan fingerprint density at radius 2 is 2.27 bits per heavy atom. The molecule has 15 heavy (non-hydrogen) atoms. The average Bonchev–Trinajstić information content (AvgIpc) is 2.65. The van der Waals surface area contributed by atoms with E-state index in [4.69, 9.17) is 10.2 Å². The fraction of sp³-hybridized carbons (Fsp3) is 0.364. The molecule has 1 unspecified atom stereocenters. The second kappa shape index (κ2) is 4.79. The summed E-state index contributed by atoms with van der Waals surface area (Å²) in [6.07, 6.45) is 1.80. The number of hydrogen-bond acceptors (Lipinski definition) is 4. The number of carbonyl (C=O) groups is 1. The van der Waals surface area contributed by atoms with Crippen LogP contribution in [0, 0.1) is 0 Å². The molecule has 0 aromatic carbocycles. The lowest BCUT2D eigenvalue weighted by Gasteiger charge is -2.02. The van der Waals surface area contributed by atoms with Crippen LogP contribution < -0.4 is 5.73 Å². The van der Waals surface area contributed by atoms with Crippen LogP contribution in [-0.4, -0.2) is 19.1 Å². The first-order valence-corrected chi connectivity index (χ1v) is 4.66. The normalized spacial score (nSPS) is 13.7. The van der Waals surface area contributed by atoms with Gasteiger partial charge in [0.05, 0.1) is 7.11 Å². The number of esters is 1. The highest BCUT2D eigenvalue weighted by Crippen LogP contribution is 2.13. The molecule has 0 fully saturated rings. The van der Waals surface area contributed by atoms with Crippen LogP contribution >= 0.6 is 0 Å². The third kappa shape index (κ3) is 2.95. The van der Waals surface area contributed by atoms with Gasteiger partial charge in [0, 0.05) is 6.04 Å². The van der Waals surface area contributed by atoms with Gasteiger partial charge in [0.2, 0.25) is 5.76 Å². The van der Waals surface area contributed by atoms with Crippen LogP contribution in [-0.2, 0) is 4.74 Å². The van der Waals surface area contributed by atoms with E-state index in [-0.39, 0.29) is 11.8 Å². The summed E-state index contributed by atoms with van der Waals surface area (Å²) in [5.41, 5.74) is 6.66. The van der Waals surface area contributed by atoms with Crippen molar-refractivity contribution in [3.8, 4) is 0 Å². The predicted octanol–water partition coefficient (Wildman–Crippen LogP) is 1.82. The maximum Gasteiger partial charge on any atom is 0.373 e. The van der Waals surface area contributed by atoms with E-state index in [2.05, 4.69) is 4.74 Å². The molecule has 0 amide bonds. The van der Waals surface area contributed by atoms with E-state index in [9.17, 15) is 4.79 Å². The van der Waals surface area contributed by atoms with Crippen molar-refractivity contribution in [3.05, 3.63) is 29.2 Å². The lowest BCUT2D eigenvalue weighted by atomic mass is 10.1.